The molecule has 0 aliphatic rings. The summed E-state index contributed by atoms with van der Waals surface area (Å²) in [5, 5.41) is 13.9. The summed E-state index contributed by atoms with van der Waals surface area (Å²) >= 11 is 0. The van der Waals surface area contributed by atoms with Crippen molar-refractivity contribution in [3.8, 4) is 0 Å². The van der Waals surface area contributed by atoms with Crippen molar-refractivity contribution in [1.29, 1.82) is 0 Å². The van der Waals surface area contributed by atoms with E-state index in [2.05, 4.69) is 25.8 Å². The second kappa shape index (κ2) is 7.32. The molecule has 0 aliphatic carbocycles. The van der Waals surface area contributed by atoms with Crippen LogP contribution in [0.2, 0.25) is 0 Å². The largest absolute Gasteiger partial charge is 0.349 e. The average molecular weight is 274 g/mol. The summed E-state index contributed by atoms with van der Waals surface area (Å²) in [6, 6.07) is 3.89. The molecule has 0 saturated carbocycles. The Morgan fingerprint density at radius 1 is 1.40 bits per heavy atom. The Morgan fingerprint density at radius 3 is 2.85 bits per heavy atom. The maximum atomic E-state index is 11.9. The van der Waals surface area contributed by atoms with Crippen molar-refractivity contribution in [2.45, 2.75) is 38.8 Å². The summed E-state index contributed by atoms with van der Waals surface area (Å²) in [7, 11) is 0. The van der Waals surface area contributed by atoms with E-state index in [0.717, 1.165) is 12.0 Å². The Balaban J connectivity index is 1.78. The molecule has 1 amide bonds. The van der Waals surface area contributed by atoms with Gasteiger partial charge in [0.15, 0.2) is 0 Å². The third-order valence-corrected chi connectivity index (χ3v) is 3.03. The molecular weight excluding hydrogens is 256 g/mol. The number of tetrazole rings is 1. The van der Waals surface area contributed by atoms with Crippen LogP contribution in [-0.2, 0) is 11.3 Å². The van der Waals surface area contributed by atoms with E-state index in [1.807, 2.05) is 19.1 Å². The highest BCUT2D eigenvalue weighted by Gasteiger charge is 2.12. The maximum absolute atomic E-state index is 11.9. The summed E-state index contributed by atoms with van der Waals surface area (Å²) in [6.07, 6.45) is 7.04. The van der Waals surface area contributed by atoms with Crippen LogP contribution < -0.4 is 5.32 Å². The van der Waals surface area contributed by atoms with E-state index < -0.39 is 0 Å². The lowest BCUT2D eigenvalue weighted by Gasteiger charge is -2.17. The number of hydrogen-bond donors (Lipinski definition) is 1. The molecule has 1 N–H and O–H groups in total. The van der Waals surface area contributed by atoms with Crippen molar-refractivity contribution < 1.29 is 4.79 Å². The summed E-state index contributed by atoms with van der Waals surface area (Å²) in [5.74, 6) is 0.0433. The van der Waals surface area contributed by atoms with Gasteiger partial charge in [-0.1, -0.05) is 6.92 Å². The summed E-state index contributed by atoms with van der Waals surface area (Å²) in [6.45, 7) is 2.69. The van der Waals surface area contributed by atoms with Gasteiger partial charge >= 0.3 is 0 Å². The van der Waals surface area contributed by atoms with Crippen molar-refractivity contribution in [3.05, 3.63) is 36.4 Å². The molecule has 7 nitrogen and oxygen atoms in total. The number of aryl methyl sites for hydroxylation is 1. The fourth-order valence-corrected chi connectivity index (χ4v) is 1.97. The first-order chi connectivity index (χ1) is 9.79. The van der Waals surface area contributed by atoms with E-state index in [4.69, 9.17) is 0 Å². The van der Waals surface area contributed by atoms with Crippen molar-refractivity contribution in [2.75, 3.05) is 0 Å². The molecule has 0 fully saturated rings. The van der Waals surface area contributed by atoms with Crippen LogP contribution in [0.5, 0.6) is 0 Å². The standard InChI is InChI=1S/C13H18N6O/c1-2-12(11-5-7-14-8-6-11)16-13(20)4-3-9-19-10-15-17-18-19/h5-8,10,12H,2-4,9H2,1H3,(H,16,20). The minimum Gasteiger partial charge on any atom is -0.349 e. The van der Waals surface area contributed by atoms with Gasteiger partial charge in [0, 0.05) is 25.4 Å². The zero-order valence-corrected chi connectivity index (χ0v) is 11.4. The van der Waals surface area contributed by atoms with Gasteiger partial charge in [-0.25, -0.2) is 4.68 Å². The van der Waals surface area contributed by atoms with Crippen molar-refractivity contribution in [3.63, 3.8) is 0 Å². The quantitative estimate of drug-likeness (QED) is 0.817. The Bertz CT molecular complexity index is 513. The van der Waals surface area contributed by atoms with Crippen molar-refractivity contribution >= 4 is 5.91 Å². The first-order valence-corrected chi connectivity index (χ1v) is 6.69. The zero-order chi connectivity index (χ0) is 14.2. The molecule has 106 valence electrons. The molecule has 7 heteroatoms. The molecular formula is C13H18N6O. The van der Waals surface area contributed by atoms with Crippen LogP contribution in [0, 0.1) is 0 Å². The lowest BCUT2D eigenvalue weighted by atomic mass is 10.1. The summed E-state index contributed by atoms with van der Waals surface area (Å²) < 4.78 is 1.62. The van der Waals surface area contributed by atoms with Crippen LogP contribution in [0.25, 0.3) is 0 Å². The zero-order valence-electron chi connectivity index (χ0n) is 11.4. The van der Waals surface area contributed by atoms with Gasteiger partial charge in [0.25, 0.3) is 0 Å². The molecule has 0 aliphatic heterocycles. The van der Waals surface area contributed by atoms with E-state index in [9.17, 15) is 4.79 Å². The molecule has 0 bridgehead atoms. The lowest BCUT2D eigenvalue weighted by molar-refractivity contribution is -0.122. The third-order valence-electron chi connectivity index (χ3n) is 3.03. The number of hydrogen-bond acceptors (Lipinski definition) is 5. The summed E-state index contributed by atoms with van der Waals surface area (Å²) in [5.41, 5.74) is 1.08. The predicted octanol–water partition coefficient (Wildman–Crippen LogP) is 1.12. The van der Waals surface area contributed by atoms with Gasteiger partial charge in [0.1, 0.15) is 6.33 Å². The number of nitrogens with zero attached hydrogens (tertiary/aromatic N) is 5. The smallest absolute Gasteiger partial charge is 0.220 e. The minimum absolute atomic E-state index is 0.0403. The van der Waals surface area contributed by atoms with Crippen LogP contribution in [0.3, 0.4) is 0 Å². The fourth-order valence-electron chi connectivity index (χ4n) is 1.97. The van der Waals surface area contributed by atoms with Crippen LogP contribution in [0.1, 0.15) is 37.8 Å². The predicted molar refractivity (Wildman–Crippen MR) is 72.5 cm³/mol. The normalized spacial score (nSPS) is 12.1. The first-order valence-electron chi connectivity index (χ1n) is 6.69. The number of aromatic nitrogens is 5. The molecule has 2 aromatic rings. The highest BCUT2D eigenvalue weighted by molar-refractivity contribution is 5.76. The van der Waals surface area contributed by atoms with Crippen LogP contribution in [0.4, 0.5) is 0 Å². The number of nitrogens with one attached hydrogen (secondary N) is 1. The molecule has 0 saturated heterocycles. The SMILES string of the molecule is CCC(NC(=O)CCCn1cnnn1)c1ccncc1. The minimum atomic E-state index is 0.0403. The lowest BCUT2D eigenvalue weighted by Crippen LogP contribution is -2.28. The van der Waals surface area contributed by atoms with Crippen LogP contribution in [-0.4, -0.2) is 31.1 Å². The number of carbonyl (C=O) groups excluding carboxylic acids is 1. The van der Waals surface area contributed by atoms with Gasteiger partial charge in [0.2, 0.25) is 5.91 Å². The monoisotopic (exact) mass is 274 g/mol. The Morgan fingerprint density at radius 2 is 2.20 bits per heavy atom. The number of carbonyl (C=O) groups is 1. The van der Waals surface area contributed by atoms with E-state index >= 15 is 0 Å². The molecule has 1 unspecified atom stereocenters. The van der Waals surface area contributed by atoms with E-state index in [1.165, 1.54) is 0 Å². The Hall–Kier alpha value is -2.31. The van der Waals surface area contributed by atoms with Crippen molar-refractivity contribution in [2.24, 2.45) is 0 Å². The molecule has 0 aromatic carbocycles. The van der Waals surface area contributed by atoms with Gasteiger partial charge < -0.3 is 5.32 Å². The Kier molecular flexibility index (Phi) is 5.16. The van der Waals surface area contributed by atoms with E-state index in [0.29, 0.717) is 19.4 Å². The van der Waals surface area contributed by atoms with Gasteiger partial charge in [-0.2, -0.15) is 0 Å². The fraction of sp³-hybridized carbons (Fsp3) is 0.462. The summed E-state index contributed by atoms with van der Waals surface area (Å²) in [4.78, 5) is 15.9. The van der Waals surface area contributed by atoms with Gasteiger partial charge in [-0.3, -0.25) is 9.78 Å². The molecule has 2 aromatic heterocycles. The first kappa shape index (κ1) is 14.1. The highest BCUT2D eigenvalue weighted by atomic mass is 16.1. The number of rotatable bonds is 7. The maximum Gasteiger partial charge on any atom is 0.220 e. The van der Waals surface area contributed by atoms with Crippen molar-refractivity contribution in [1.82, 2.24) is 30.5 Å². The average Bonchev–Trinajstić information content (AvgIpc) is 2.99. The van der Waals surface area contributed by atoms with Gasteiger partial charge in [0.05, 0.1) is 6.04 Å². The van der Waals surface area contributed by atoms with Gasteiger partial charge in [-0.05, 0) is 41.0 Å². The number of amides is 1. The van der Waals surface area contributed by atoms with E-state index in [-0.39, 0.29) is 11.9 Å². The topological polar surface area (TPSA) is 85.6 Å². The Labute approximate surface area is 117 Å². The van der Waals surface area contributed by atoms with Crippen LogP contribution >= 0.6 is 0 Å². The second-order valence-electron chi connectivity index (χ2n) is 4.49. The van der Waals surface area contributed by atoms with Gasteiger partial charge in [-0.15, -0.1) is 5.10 Å². The van der Waals surface area contributed by atoms with Crippen LogP contribution in [0.15, 0.2) is 30.9 Å². The number of pyridine rings is 1. The second-order valence-corrected chi connectivity index (χ2v) is 4.49. The van der Waals surface area contributed by atoms with E-state index in [1.54, 1.807) is 23.4 Å². The molecule has 20 heavy (non-hydrogen) atoms. The third kappa shape index (κ3) is 4.11. The highest BCUT2D eigenvalue weighted by Crippen LogP contribution is 2.15. The molecule has 2 rings (SSSR count). The molecule has 0 spiro atoms. The molecule has 0 radical (unpaired) electrons. The molecule has 1 atom stereocenters. The molecule has 2 heterocycles.